The van der Waals surface area contributed by atoms with Crippen LogP contribution in [0.25, 0.3) is 0 Å². The molecule has 0 saturated carbocycles. The Hall–Kier alpha value is -3.17. The summed E-state index contributed by atoms with van der Waals surface area (Å²) in [5, 5.41) is 2.76. The van der Waals surface area contributed by atoms with Gasteiger partial charge in [0.25, 0.3) is 10.0 Å². The Morgan fingerprint density at radius 1 is 0.917 bits per heavy atom. The fourth-order valence-corrected chi connectivity index (χ4v) is 5.45. The first-order valence-electron chi connectivity index (χ1n) is 11.7. The molecule has 1 atom stereocenters. The van der Waals surface area contributed by atoms with Crippen molar-refractivity contribution in [2.45, 2.75) is 31.2 Å². The molecule has 2 amide bonds. The van der Waals surface area contributed by atoms with E-state index in [0.29, 0.717) is 18.7 Å². The largest absolute Gasteiger partial charge is 0.355 e. The van der Waals surface area contributed by atoms with Gasteiger partial charge < -0.3 is 10.2 Å². The molecule has 7 nitrogen and oxygen atoms in total. The maximum atomic E-state index is 13.7. The normalized spacial score (nSPS) is 12.0. The standard InChI is InChI=1S/C27H30BrN3O4S/c1-3-29-27(33)21(2)30(19-18-22-10-6-4-7-11-22)26(32)20-31(24-16-14-23(28)15-17-24)36(34,35)25-12-8-5-9-13-25/h4-17,21H,3,18-20H2,1-2H3,(H,29,33)/t21-/m1/s1. The minimum absolute atomic E-state index is 0.0772. The van der Waals surface area contributed by atoms with Gasteiger partial charge in [0.05, 0.1) is 10.6 Å². The van der Waals surface area contributed by atoms with Gasteiger partial charge in [-0.1, -0.05) is 64.5 Å². The third-order valence-corrected chi connectivity index (χ3v) is 8.04. The van der Waals surface area contributed by atoms with Gasteiger partial charge in [-0.3, -0.25) is 13.9 Å². The molecule has 0 aliphatic rings. The smallest absolute Gasteiger partial charge is 0.264 e. The summed E-state index contributed by atoms with van der Waals surface area (Å²) in [6.07, 6.45) is 0.528. The predicted octanol–water partition coefficient (Wildman–Crippen LogP) is 4.24. The van der Waals surface area contributed by atoms with Crippen molar-refractivity contribution in [1.29, 1.82) is 0 Å². The molecule has 0 fully saturated rings. The number of carbonyl (C=O) groups is 2. The van der Waals surface area contributed by atoms with Crippen LogP contribution in [-0.2, 0) is 26.0 Å². The number of amides is 2. The molecule has 0 unspecified atom stereocenters. The Bertz CT molecular complexity index is 1250. The average Bonchev–Trinajstić information content (AvgIpc) is 2.89. The highest BCUT2D eigenvalue weighted by atomic mass is 79.9. The third kappa shape index (κ3) is 6.95. The molecule has 0 heterocycles. The number of carbonyl (C=O) groups excluding carboxylic acids is 2. The van der Waals surface area contributed by atoms with Crippen molar-refractivity contribution in [1.82, 2.24) is 10.2 Å². The molecule has 36 heavy (non-hydrogen) atoms. The zero-order chi connectivity index (χ0) is 26.1. The first-order valence-corrected chi connectivity index (χ1v) is 13.9. The highest BCUT2D eigenvalue weighted by Gasteiger charge is 2.32. The SMILES string of the molecule is CCNC(=O)[C@@H](C)N(CCc1ccccc1)C(=O)CN(c1ccc(Br)cc1)S(=O)(=O)c1ccccc1. The number of benzene rings is 3. The molecule has 0 radical (unpaired) electrons. The second-order valence-electron chi connectivity index (χ2n) is 8.19. The lowest BCUT2D eigenvalue weighted by molar-refractivity contribution is -0.138. The van der Waals surface area contributed by atoms with Crippen LogP contribution < -0.4 is 9.62 Å². The van der Waals surface area contributed by atoms with E-state index in [2.05, 4.69) is 21.2 Å². The van der Waals surface area contributed by atoms with Crippen molar-refractivity contribution in [2.24, 2.45) is 0 Å². The molecule has 0 aromatic heterocycles. The summed E-state index contributed by atoms with van der Waals surface area (Å²) in [6.45, 7) is 3.71. The van der Waals surface area contributed by atoms with E-state index in [9.17, 15) is 18.0 Å². The number of halogens is 1. The summed E-state index contributed by atoms with van der Waals surface area (Å²) >= 11 is 3.37. The van der Waals surface area contributed by atoms with E-state index in [4.69, 9.17) is 0 Å². The summed E-state index contributed by atoms with van der Waals surface area (Å²) in [7, 11) is -4.05. The number of anilines is 1. The number of nitrogens with zero attached hydrogens (tertiary/aromatic N) is 2. The molecule has 0 spiro atoms. The Kier molecular flexibility index (Phi) is 9.66. The van der Waals surface area contributed by atoms with Crippen LogP contribution in [-0.4, -0.2) is 50.8 Å². The van der Waals surface area contributed by atoms with Crippen LogP contribution in [0.15, 0.2) is 94.3 Å². The quantitative estimate of drug-likeness (QED) is 0.373. The molecular weight excluding hydrogens is 542 g/mol. The van der Waals surface area contributed by atoms with E-state index in [1.54, 1.807) is 49.4 Å². The zero-order valence-corrected chi connectivity index (χ0v) is 22.7. The zero-order valence-electron chi connectivity index (χ0n) is 20.3. The van der Waals surface area contributed by atoms with Gasteiger partial charge in [-0.05, 0) is 62.2 Å². The van der Waals surface area contributed by atoms with Crippen LogP contribution in [0.3, 0.4) is 0 Å². The lowest BCUT2D eigenvalue weighted by Gasteiger charge is -2.32. The third-order valence-electron chi connectivity index (χ3n) is 5.73. The van der Waals surface area contributed by atoms with Gasteiger partial charge in [0.1, 0.15) is 12.6 Å². The minimum Gasteiger partial charge on any atom is -0.355 e. The molecule has 190 valence electrons. The van der Waals surface area contributed by atoms with Crippen LogP contribution in [0.1, 0.15) is 19.4 Å². The summed E-state index contributed by atoms with van der Waals surface area (Å²) in [6, 6.07) is 23.6. The minimum atomic E-state index is -4.05. The van der Waals surface area contributed by atoms with Crippen LogP contribution in [0.2, 0.25) is 0 Å². The first-order chi connectivity index (χ1) is 17.2. The maximum absolute atomic E-state index is 13.7. The molecule has 0 aliphatic carbocycles. The van der Waals surface area contributed by atoms with Crippen molar-refractivity contribution in [3.05, 3.63) is 95.0 Å². The summed E-state index contributed by atoms with van der Waals surface area (Å²) in [5.74, 6) is -0.757. The van der Waals surface area contributed by atoms with E-state index in [0.717, 1.165) is 14.3 Å². The van der Waals surface area contributed by atoms with E-state index in [-0.39, 0.29) is 17.3 Å². The van der Waals surface area contributed by atoms with E-state index in [1.807, 2.05) is 37.3 Å². The number of rotatable bonds is 11. The molecule has 3 rings (SSSR count). The second kappa shape index (κ2) is 12.7. The van der Waals surface area contributed by atoms with Crippen molar-refractivity contribution < 1.29 is 18.0 Å². The molecule has 9 heteroatoms. The number of nitrogens with one attached hydrogen (secondary N) is 1. The number of hydrogen-bond donors (Lipinski definition) is 1. The Balaban J connectivity index is 1.95. The van der Waals surface area contributed by atoms with Crippen molar-refractivity contribution in [2.75, 3.05) is 23.9 Å². The van der Waals surface area contributed by atoms with E-state index in [1.165, 1.54) is 17.0 Å². The first kappa shape index (κ1) is 27.4. The fourth-order valence-electron chi connectivity index (χ4n) is 3.75. The summed E-state index contributed by atoms with van der Waals surface area (Å²) < 4.78 is 29.1. The lowest BCUT2D eigenvalue weighted by atomic mass is 10.1. The highest BCUT2D eigenvalue weighted by Crippen LogP contribution is 2.25. The van der Waals surface area contributed by atoms with Crippen molar-refractivity contribution in [3.63, 3.8) is 0 Å². The monoisotopic (exact) mass is 571 g/mol. The highest BCUT2D eigenvalue weighted by molar-refractivity contribution is 9.10. The van der Waals surface area contributed by atoms with Gasteiger partial charge in [0.15, 0.2) is 0 Å². The molecule has 3 aromatic rings. The van der Waals surface area contributed by atoms with Crippen molar-refractivity contribution in [3.8, 4) is 0 Å². The Morgan fingerprint density at radius 3 is 2.08 bits per heavy atom. The Morgan fingerprint density at radius 2 is 1.50 bits per heavy atom. The van der Waals surface area contributed by atoms with Crippen LogP contribution in [0.5, 0.6) is 0 Å². The van der Waals surface area contributed by atoms with Gasteiger partial charge >= 0.3 is 0 Å². The van der Waals surface area contributed by atoms with Crippen molar-refractivity contribution >= 4 is 43.5 Å². The topological polar surface area (TPSA) is 86.8 Å². The maximum Gasteiger partial charge on any atom is 0.264 e. The van der Waals surface area contributed by atoms with E-state index < -0.39 is 28.5 Å². The molecule has 0 aliphatic heterocycles. The van der Waals surface area contributed by atoms with Crippen LogP contribution in [0.4, 0.5) is 5.69 Å². The average molecular weight is 573 g/mol. The van der Waals surface area contributed by atoms with Gasteiger partial charge in [0, 0.05) is 17.6 Å². The molecular formula is C27H30BrN3O4S. The van der Waals surface area contributed by atoms with Gasteiger partial charge in [0.2, 0.25) is 11.8 Å². The number of hydrogen-bond acceptors (Lipinski definition) is 4. The Labute approximate surface area is 221 Å². The lowest BCUT2D eigenvalue weighted by Crippen LogP contribution is -2.52. The second-order valence-corrected chi connectivity index (χ2v) is 11.0. The van der Waals surface area contributed by atoms with Gasteiger partial charge in [-0.2, -0.15) is 0 Å². The van der Waals surface area contributed by atoms with Gasteiger partial charge in [-0.25, -0.2) is 8.42 Å². The molecule has 1 N–H and O–H groups in total. The molecule has 0 saturated heterocycles. The van der Waals surface area contributed by atoms with Crippen LogP contribution in [0, 0.1) is 0 Å². The molecule has 3 aromatic carbocycles. The van der Waals surface area contributed by atoms with Crippen LogP contribution >= 0.6 is 15.9 Å². The molecule has 0 bridgehead atoms. The summed E-state index contributed by atoms with van der Waals surface area (Å²) in [4.78, 5) is 27.9. The number of likely N-dealkylation sites (N-methyl/N-ethyl adjacent to an activating group) is 1. The van der Waals surface area contributed by atoms with E-state index >= 15 is 0 Å². The predicted molar refractivity (Wildman–Crippen MR) is 145 cm³/mol. The number of sulfonamides is 1. The summed E-state index contributed by atoms with van der Waals surface area (Å²) in [5.41, 5.74) is 1.36. The fraction of sp³-hybridized carbons (Fsp3) is 0.259. The van der Waals surface area contributed by atoms with Gasteiger partial charge in [-0.15, -0.1) is 0 Å².